The first-order valence-electron chi connectivity index (χ1n) is 9.41. The summed E-state index contributed by atoms with van der Waals surface area (Å²) in [6.45, 7) is 0. The number of carbonyl (C=O) groups excluding carboxylic acids is 2. The van der Waals surface area contributed by atoms with E-state index in [-0.39, 0.29) is 27.3 Å². The first-order valence-corrected chi connectivity index (χ1v) is 11.3. The maximum absolute atomic E-state index is 13.1. The minimum absolute atomic E-state index is 0.0377. The van der Waals surface area contributed by atoms with Crippen LogP contribution in [0.5, 0.6) is 0 Å². The van der Waals surface area contributed by atoms with Crippen LogP contribution in [0, 0.1) is 0 Å². The lowest BCUT2D eigenvalue weighted by molar-refractivity contribution is -0.137. The smallest absolute Gasteiger partial charge is 0.416 e. The second kappa shape index (κ2) is 9.07. The summed E-state index contributed by atoms with van der Waals surface area (Å²) >= 11 is 0. The molecule has 0 aromatic heterocycles. The summed E-state index contributed by atoms with van der Waals surface area (Å²) < 4.78 is 67.4. The zero-order valence-corrected chi connectivity index (χ0v) is 18.3. The van der Waals surface area contributed by atoms with E-state index in [9.17, 15) is 31.2 Å². The van der Waals surface area contributed by atoms with Crippen molar-refractivity contribution >= 4 is 27.4 Å². The van der Waals surface area contributed by atoms with Crippen LogP contribution in [0.4, 0.5) is 18.9 Å². The van der Waals surface area contributed by atoms with Gasteiger partial charge in [0.15, 0.2) is 9.84 Å². The van der Waals surface area contributed by atoms with Crippen LogP contribution in [-0.2, 0) is 20.8 Å². The molecule has 6 nitrogen and oxygen atoms in total. The topological polar surface area (TPSA) is 89.5 Å². The standard InChI is InChI=1S/C23H18F3NO5S/c1-32-22(29)19-13-15(14-5-3-7-17(11-14)23(24,25)26)9-10-20(19)27-21(28)16-6-4-8-18(12-16)33(2,30)31/h3-13H,1-2H3,(H,27,28). The normalized spacial score (nSPS) is 11.7. The van der Waals surface area contributed by atoms with Gasteiger partial charge in [0.05, 0.1) is 28.8 Å². The van der Waals surface area contributed by atoms with Gasteiger partial charge in [-0.05, 0) is 53.6 Å². The monoisotopic (exact) mass is 477 g/mol. The molecule has 33 heavy (non-hydrogen) atoms. The summed E-state index contributed by atoms with van der Waals surface area (Å²) in [6.07, 6.45) is -3.53. The van der Waals surface area contributed by atoms with Crippen LogP contribution in [0.3, 0.4) is 0 Å². The molecule has 0 fully saturated rings. The number of carbonyl (C=O) groups is 2. The fourth-order valence-corrected chi connectivity index (χ4v) is 3.72. The number of halogens is 3. The number of alkyl halides is 3. The first-order chi connectivity index (χ1) is 15.4. The van der Waals surface area contributed by atoms with Crippen molar-refractivity contribution in [2.75, 3.05) is 18.7 Å². The maximum atomic E-state index is 13.1. The van der Waals surface area contributed by atoms with Crippen molar-refractivity contribution in [2.24, 2.45) is 0 Å². The Morgan fingerprint density at radius 3 is 2.21 bits per heavy atom. The molecule has 0 unspecified atom stereocenters. The average molecular weight is 477 g/mol. The Hall–Kier alpha value is -3.66. The van der Waals surface area contributed by atoms with E-state index < -0.39 is 33.5 Å². The van der Waals surface area contributed by atoms with Gasteiger partial charge in [0.1, 0.15) is 0 Å². The lowest BCUT2D eigenvalue weighted by Gasteiger charge is -2.13. The molecule has 0 aliphatic heterocycles. The van der Waals surface area contributed by atoms with Crippen molar-refractivity contribution in [1.82, 2.24) is 0 Å². The van der Waals surface area contributed by atoms with Gasteiger partial charge in [0.2, 0.25) is 0 Å². The number of nitrogens with one attached hydrogen (secondary N) is 1. The van der Waals surface area contributed by atoms with Crippen molar-refractivity contribution in [3.63, 3.8) is 0 Å². The van der Waals surface area contributed by atoms with Crippen molar-refractivity contribution < 1.29 is 35.9 Å². The summed E-state index contributed by atoms with van der Waals surface area (Å²) in [6, 6.07) is 14.1. The van der Waals surface area contributed by atoms with E-state index >= 15 is 0 Å². The van der Waals surface area contributed by atoms with Crippen LogP contribution in [0.2, 0.25) is 0 Å². The molecule has 0 radical (unpaired) electrons. The van der Waals surface area contributed by atoms with Crippen LogP contribution < -0.4 is 5.32 Å². The highest BCUT2D eigenvalue weighted by Gasteiger charge is 2.30. The molecule has 0 aliphatic carbocycles. The number of ether oxygens (including phenoxy) is 1. The van der Waals surface area contributed by atoms with Gasteiger partial charge in [-0.25, -0.2) is 13.2 Å². The van der Waals surface area contributed by atoms with Gasteiger partial charge >= 0.3 is 12.1 Å². The summed E-state index contributed by atoms with van der Waals surface area (Å²) in [5.41, 5.74) is -0.321. The van der Waals surface area contributed by atoms with Crippen LogP contribution in [-0.4, -0.2) is 33.7 Å². The Kier molecular flexibility index (Phi) is 6.59. The Balaban J connectivity index is 1.99. The number of anilines is 1. The zero-order valence-electron chi connectivity index (χ0n) is 17.4. The van der Waals surface area contributed by atoms with Crippen LogP contribution >= 0.6 is 0 Å². The minimum Gasteiger partial charge on any atom is -0.465 e. The zero-order chi connectivity index (χ0) is 24.4. The maximum Gasteiger partial charge on any atom is 0.416 e. The van der Waals surface area contributed by atoms with Crippen molar-refractivity contribution in [3.05, 3.63) is 83.4 Å². The van der Waals surface area contributed by atoms with Crippen LogP contribution in [0.15, 0.2) is 71.6 Å². The number of esters is 1. The van der Waals surface area contributed by atoms with E-state index in [0.717, 1.165) is 25.5 Å². The van der Waals surface area contributed by atoms with Gasteiger partial charge in [-0.15, -0.1) is 0 Å². The van der Waals surface area contributed by atoms with Gasteiger partial charge in [0.25, 0.3) is 5.91 Å². The van der Waals surface area contributed by atoms with Gasteiger partial charge in [-0.2, -0.15) is 13.2 Å². The first kappa shape index (κ1) is 24.0. The SMILES string of the molecule is COC(=O)c1cc(-c2cccc(C(F)(F)F)c2)ccc1NC(=O)c1cccc(S(C)(=O)=O)c1. The second-order valence-electron chi connectivity index (χ2n) is 7.08. The third-order valence-electron chi connectivity index (χ3n) is 4.72. The number of hydrogen-bond acceptors (Lipinski definition) is 5. The van der Waals surface area contributed by atoms with E-state index in [4.69, 9.17) is 4.74 Å². The van der Waals surface area contributed by atoms with E-state index in [1.54, 1.807) is 0 Å². The fraction of sp³-hybridized carbons (Fsp3) is 0.130. The van der Waals surface area contributed by atoms with Gasteiger partial charge in [-0.3, -0.25) is 4.79 Å². The highest BCUT2D eigenvalue weighted by atomic mass is 32.2. The van der Waals surface area contributed by atoms with E-state index in [1.807, 2.05) is 0 Å². The molecule has 3 rings (SSSR count). The van der Waals surface area contributed by atoms with Gasteiger partial charge in [-0.1, -0.05) is 24.3 Å². The Bertz CT molecular complexity index is 1330. The predicted molar refractivity (Wildman–Crippen MR) is 116 cm³/mol. The third kappa shape index (κ3) is 5.58. The Morgan fingerprint density at radius 2 is 1.58 bits per heavy atom. The van der Waals surface area contributed by atoms with Gasteiger partial charge < -0.3 is 10.1 Å². The van der Waals surface area contributed by atoms with E-state index in [1.165, 1.54) is 54.6 Å². The molecular weight excluding hydrogens is 459 g/mol. The molecule has 0 saturated heterocycles. The molecule has 0 spiro atoms. The van der Waals surface area contributed by atoms with Crippen molar-refractivity contribution in [3.8, 4) is 11.1 Å². The lowest BCUT2D eigenvalue weighted by Crippen LogP contribution is -2.16. The van der Waals surface area contributed by atoms with Crippen LogP contribution in [0.1, 0.15) is 26.3 Å². The number of hydrogen-bond donors (Lipinski definition) is 1. The second-order valence-corrected chi connectivity index (χ2v) is 9.10. The molecule has 10 heteroatoms. The van der Waals surface area contributed by atoms with Crippen molar-refractivity contribution in [1.29, 1.82) is 0 Å². The highest BCUT2D eigenvalue weighted by Crippen LogP contribution is 2.33. The quantitative estimate of drug-likeness (QED) is 0.533. The Labute approximate surface area is 187 Å². The van der Waals surface area contributed by atoms with E-state index in [0.29, 0.717) is 5.56 Å². The fourth-order valence-electron chi connectivity index (χ4n) is 3.05. The summed E-state index contributed by atoms with van der Waals surface area (Å²) in [5, 5.41) is 2.52. The minimum atomic E-state index is -4.53. The molecule has 1 amide bonds. The Morgan fingerprint density at radius 1 is 0.909 bits per heavy atom. The number of methoxy groups -OCH3 is 1. The number of benzene rings is 3. The largest absolute Gasteiger partial charge is 0.465 e. The molecule has 0 bridgehead atoms. The third-order valence-corrected chi connectivity index (χ3v) is 5.83. The molecule has 3 aromatic rings. The number of amides is 1. The lowest BCUT2D eigenvalue weighted by atomic mass is 9.99. The predicted octanol–water partition coefficient (Wildman–Crippen LogP) is 4.81. The number of rotatable bonds is 5. The summed E-state index contributed by atoms with van der Waals surface area (Å²) in [5.74, 6) is -1.50. The molecule has 3 aromatic carbocycles. The molecule has 0 atom stereocenters. The van der Waals surface area contributed by atoms with Crippen molar-refractivity contribution in [2.45, 2.75) is 11.1 Å². The molecule has 0 aliphatic rings. The van der Waals surface area contributed by atoms with Crippen LogP contribution in [0.25, 0.3) is 11.1 Å². The average Bonchev–Trinajstić information content (AvgIpc) is 2.77. The van der Waals surface area contributed by atoms with Gasteiger partial charge in [0, 0.05) is 11.8 Å². The summed E-state index contributed by atoms with van der Waals surface area (Å²) in [7, 11) is -2.42. The van der Waals surface area contributed by atoms with E-state index in [2.05, 4.69) is 5.32 Å². The molecule has 172 valence electrons. The molecule has 0 saturated carbocycles. The molecule has 0 heterocycles. The molecule has 1 N–H and O–H groups in total. The number of sulfone groups is 1. The molecular formula is C23H18F3NO5S. The summed E-state index contributed by atoms with van der Waals surface area (Å²) in [4.78, 5) is 24.9. The highest BCUT2D eigenvalue weighted by molar-refractivity contribution is 7.90.